The summed E-state index contributed by atoms with van der Waals surface area (Å²) < 4.78 is 0. The molecule has 5 heteroatoms. The number of carbonyl (C=O) groups is 2. The van der Waals surface area contributed by atoms with Crippen molar-refractivity contribution in [2.45, 2.75) is 70.5 Å². The Kier molecular flexibility index (Phi) is 5.14. The maximum atomic E-state index is 11.9. The molecule has 1 amide bonds. The Hall–Kier alpha value is -1.10. The first kappa shape index (κ1) is 15.0. The molecule has 0 aromatic heterocycles. The molecule has 1 aliphatic rings. The molecule has 0 aromatic carbocycles. The lowest BCUT2D eigenvalue weighted by atomic mass is 9.76. The van der Waals surface area contributed by atoms with Crippen molar-refractivity contribution in [3.05, 3.63) is 0 Å². The van der Waals surface area contributed by atoms with Crippen LogP contribution >= 0.6 is 0 Å². The molecule has 0 aromatic rings. The largest absolute Gasteiger partial charge is 0.480 e. The van der Waals surface area contributed by atoms with E-state index in [0.717, 1.165) is 19.3 Å². The first-order valence-electron chi connectivity index (χ1n) is 6.76. The Morgan fingerprint density at radius 1 is 1.28 bits per heavy atom. The standard InChI is InChI=1S/C13H24N2O3/c1-4-10(5-2)14-11(16)9(3)15-13(12(17)18)7-6-8-13/h9-10,15H,4-8H2,1-3H3,(H,14,16)(H,17,18). The minimum Gasteiger partial charge on any atom is -0.480 e. The highest BCUT2D eigenvalue weighted by Gasteiger charge is 2.45. The Morgan fingerprint density at radius 3 is 2.17 bits per heavy atom. The van der Waals surface area contributed by atoms with Crippen LogP contribution in [0.4, 0.5) is 0 Å². The van der Waals surface area contributed by atoms with Crippen LogP contribution in [-0.2, 0) is 9.59 Å². The van der Waals surface area contributed by atoms with Gasteiger partial charge >= 0.3 is 5.97 Å². The number of nitrogens with one attached hydrogen (secondary N) is 2. The molecular formula is C13H24N2O3. The highest BCUT2D eigenvalue weighted by Crippen LogP contribution is 2.32. The second-order valence-corrected chi connectivity index (χ2v) is 5.13. The molecule has 0 aliphatic heterocycles. The predicted octanol–water partition coefficient (Wildman–Crippen LogP) is 1.28. The smallest absolute Gasteiger partial charge is 0.323 e. The van der Waals surface area contributed by atoms with Crippen LogP contribution in [0.2, 0.25) is 0 Å². The first-order chi connectivity index (χ1) is 8.45. The summed E-state index contributed by atoms with van der Waals surface area (Å²) in [6.45, 7) is 5.77. The summed E-state index contributed by atoms with van der Waals surface area (Å²) in [7, 11) is 0. The molecule has 1 unspecified atom stereocenters. The molecule has 1 rings (SSSR count). The Bertz CT molecular complexity index is 309. The third-order valence-electron chi connectivity index (χ3n) is 3.83. The number of carboxylic acid groups (broad SMARTS) is 1. The van der Waals surface area contributed by atoms with Crippen LogP contribution in [0, 0.1) is 0 Å². The number of hydrogen-bond acceptors (Lipinski definition) is 3. The molecule has 18 heavy (non-hydrogen) atoms. The molecule has 1 atom stereocenters. The summed E-state index contributed by atoms with van der Waals surface area (Å²) in [6, 6.07) is -0.300. The average molecular weight is 256 g/mol. The van der Waals surface area contributed by atoms with Gasteiger partial charge in [-0.25, -0.2) is 0 Å². The van der Waals surface area contributed by atoms with Crippen molar-refractivity contribution in [1.82, 2.24) is 10.6 Å². The Balaban J connectivity index is 2.51. The van der Waals surface area contributed by atoms with Crippen molar-refractivity contribution >= 4 is 11.9 Å². The average Bonchev–Trinajstić information content (AvgIpc) is 2.29. The summed E-state index contributed by atoms with van der Waals surface area (Å²) in [5, 5.41) is 15.1. The topological polar surface area (TPSA) is 78.4 Å². The zero-order valence-electron chi connectivity index (χ0n) is 11.5. The maximum absolute atomic E-state index is 11.9. The number of carbonyl (C=O) groups excluding carboxylic acids is 1. The fourth-order valence-electron chi connectivity index (χ4n) is 2.25. The normalized spacial score (nSPS) is 19.1. The van der Waals surface area contributed by atoms with E-state index in [9.17, 15) is 14.7 Å². The zero-order chi connectivity index (χ0) is 13.8. The van der Waals surface area contributed by atoms with Crippen LogP contribution in [0.3, 0.4) is 0 Å². The second kappa shape index (κ2) is 6.18. The van der Waals surface area contributed by atoms with Crippen molar-refractivity contribution in [1.29, 1.82) is 0 Å². The van der Waals surface area contributed by atoms with Gasteiger partial charge in [-0.05, 0) is 39.0 Å². The van der Waals surface area contributed by atoms with E-state index in [1.807, 2.05) is 13.8 Å². The number of rotatable bonds is 7. The molecule has 5 nitrogen and oxygen atoms in total. The van der Waals surface area contributed by atoms with Crippen molar-refractivity contribution in [3.63, 3.8) is 0 Å². The van der Waals surface area contributed by atoms with Crippen LogP contribution in [0.15, 0.2) is 0 Å². The molecule has 0 radical (unpaired) electrons. The molecule has 3 N–H and O–H groups in total. The van der Waals surface area contributed by atoms with Crippen molar-refractivity contribution in [2.24, 2.45) is 0 Å². The lowest BCUT2D eigenvalue weighted by Crippen LogP contribution is -2.62. The van der Waals surface area contributed by atoms with Gasteiger partial charge in [-0.2, -0.15) is 0 Å². The summed E-state index contributed by atoms with van der Waals surface area (Å²) >= 11 is 0. The van der Waals surface area contributed by atoms with Crippen LogP contribution in [0.1, 0.15) is 52.9 Å². The molecule has 0 saturated heterocycles. The minimum atomic E-state index is -0.884. The number of hydrogen-bond donors (Lipinski definition) is 3. The van der Waals surface area contributed by atoms with Gasteiger partial charge in [-0.3, -0.25) is 14.9 Å². The van der Waals surface area contributed by atoms with Gasteiger partial charge in [0.15, 0.2) is 0 Å². The molecular weight excluding hydrogens is 232 g/mol. The molecule has 1 saturated carbocycles. The van der Waals surface area contributed by atoms with Gasteiger partial charge in [-0.15, -0.1) is 0 Å². The number of amides is 1. The molecule has 0 spiro atoms. The molecule has 1 fully saturated rings. The second-order valence-electron chi connectivity index (χ2n) is 5.13. The van der Waals surface area contributed by atoms with Crippen molar-refractivity contribution in [2.75, 3.05) is 0 Å². The summed E-state index contributed by atoms with van der Waals surface area (Å²) in [5.74, 6) is -0.966. The van der Waals surface area contributed by atoms with Crippen LogP contribution in [0.5, 0.6) is 0 Å². The van der Waals surface area contributed by atoms with Crippen molar-refractivity contribution < 1.29 is 14.7 Å². The van der Waals surface area contributed by atoms with E-state index in [2.05, 4.69) is 10.6 Å². The molecule has 1 aliphatic carbocycles. The van der Waals surface area contributed by atoms with E-state index < -0.39 is 17.6 Å². The highest BCUT2D eigenvalue weighted by atomic mass is 16.4. The van der Waals surface area contributed by atoms with Gasteiger partial charge in [-0.1, -0.05) is 13.8 Å². The van der Waals surface area contributed by atoms with Gasteiger partial charge in [0, 0.05) is 6.04 Å². The van der Waals surface area contributed by atoms with Crippen LogP contribution in [0.25, 0.3) is 0 Å². The first-order valence-corrected chi connectivity index (χ1v) is 6.76. The summed E-state index contributed by atoms with van der Waals surface area (Å²) in [5.41, 5.74) is -0.884. The molecule has 0 bridgehead atoms. The van der Waals surface area contributed by atoms with Gasteiger partial charge in [0.25, 0.3) is 0 Å². The van der Waals surface area contributed by atoms with E-state index >= 15 is 0 Å². The molecule has 0 heterocycles. The third kappa shape index (κ3) is 3.22. The summed E-state index contributed by atoms with van der Waals surface area (Å²) in [4.78, 5) is 23.1. The van der Waals surface area contributed by atoms with E-state index in [1.165, 1.54) is 0 Å². The SMILES string of the molecule is CCC(CC)NC(=O)C(C)NC1(C(=O)O)CCC1. The fourth-order valence-corrected chi connectivity index (χ4v) is 2.25. The maximum Gasteiger partial charge on any atom is 0.323 e. The third-order valence-corrected chi connectivity index (χ3v) is 3.83. The monoisotopic (exact) mass is 256 g/mol. The lowest BCUT2D eigenvalue weighted by molar-refractivity contribution is -0.149. The van der Waals surface area contributed by atoms with Gasteiger partial charge < -0.3 is 10.4 Å². The fraction of sp³-hybridized carbons (Fsp3) is 0.846. The van der Waals surface area contributed by atoms with Crippen LogP contribution in [-0.4, -0.2) is 34.6 Å². The van der Waals surface area contributed by atoms with Gasteiger partial charge in [0.1, 0.15) is 5.54 Å². The molecule has 104 valence electrons. The minimum absolute atomic E-state index is 0.115. The van der Waals surface area contributed by atoms with E-state index in [-0.39, 0.29) is 11.9 Å². The number of carboxylic acids is 1. The zero-order valence-corrected chi connectivity index (χ0v) is 11.5. The van der Waals surface area contributed by atoms with E-state index in [0.29, 0.717) is 12.8 Å². The van der Waals surface area contributed by atoms with E-state index in [1.54, 1.807) is 6.92 Å². The Labute approximate surface area is 108 Å². The quantitative estimate of drug-likeness (QED) is 0.641. The number of aliphatic carboxylic acids is 1. The predicted molar refractivity (Wildman–Crippen MR) is 69.3 cm³/mol. The van der Waals surface area contributed by atoms with Gasteiger partial charge in [0.05, 0.1) is 6.04 Å². The summed E-state index contributed by atoms with van der Waals surface area (Å²) in [6.07, 6.45) is 3.88. The highest BCUT2D eigenvalue weighted by molar-refractivity contribution is 5.85. The van der Waals surface area contributed by atoms with E-state index in [4.69, 9.17) is 0 Å². The lowest BCUT2D eigenvalue weighted by Gasteiger charge is -2.40. The Morgan fingerprint density at radius 2 is 1.83 bits per heavy atom. The van der Waals surface area contributed by atoms with Gasteiger partial charge in [0.2, 0.25) is 5.91 Å². The van der Waals surface area contributed by atoms with Crippen LogP contribution < -0.4 is 10.6 Å². The van der Waals surface area contributed by atoms with Crippen molar-refractivity contribution in [3.8, 4) is 0 Å².